The topological polar surface area (TPSA) is 67.7 Å². The third-order valence-electron chi connectivity index (χ3n) is 8.52. The number of likely N-dealkylation sites (N-methyl/N-ethyl adjacent to an activating group) is 1. The van der Waals surface area contributed by atoms with Crippen molar-refractivity contribution in [2.24, 2.45) is 5.41 Å². The fourth-order valence-electron chi connectivity index (χ4n) is 6.07. The van der Waals surface area contributed by atoms with Crippen molar-refractivity contribution in [3.63, 3.8) is 0 Å². The van der Waals surface area contributed by atoms with Crippen LogP contribution in [0.25, 0.3) is 0 Å². The summed E-state index contributed by atoms with van der Waals surface area (Å²) >= 11 is 0. The Kier molecular flexibility index (Phi) is 8.34. The van der Waals surface area contributed by atoms with E-state index in [9.17, 15) is 9.59 Å². The molecule has 5 rings (SSSR count). The molecule has 2 amide bonds. The van der Waals surface area contributed by atoms with Crippen LogP contribution in [0.4, 0.5) is 0 Å². The molecule has 0 radical (unpaired) electrons. The zero-order chi connectivity index (χ0) is 27.2. The third kappa shape index (κ3) is 6.18. The van der Waals surface area contributed by atoms with Crippen molar-refractivity contribution in [2.45, 2.75) is 58.4 Å². The van der Waals surface area contributed by atoms with Crippen molar-refractivity contribution in [3.8, 4) is 5.75 Å². The van der Waals surface area contributed by atoms with Crippen molar-refractivity contribution < 1.29 is 14.3 Å². The fourth-order valence-corrected chi connectivity index (χ4v) is 6.07. The van der Waals surface area contributed by atoms with Gasteiger partial charge in [-0.05, 0) is 68.4 Å². The number of carbonyl (C=O) groups is 2. The molecule has 1 spiro atoms. The summed E-state index contributed by atoms with van der Waals surface area (Å²) in [7, 11) is 1.89. The SMILES string of the molecule is Cc1nccn1Cc1cccc(C(=O)N2CCC3(CCCCCc4ccccc4OCCN(C)C3=O)CC2)c1. The lowest BCUT2D eigenvalue weighted by atomic mass is 9.73. The second-order valence-corrected chi connectivity index (χ2v) is 11.1. The van der Waals surface area contributed by atoms with E-state index in [0.717, 1.165) is 49.2 Å². The number of imidazole rings is 1. The van der Waals surface area contributed by atoms with Gasteiger partial charge < -0.3 is 19.1 Å². The quantitative estimate of drug-likeness (QED) is 0.474. The predicted octanol–water partition coefficient (Wildman–Crippen LogP) is 5.12. The Bertz CT molecular complexity index is 1290. The van der Waals surface area contributed by atoms with Gasteiger partial charge in [-0.25, -0.2) is 4.98 Å². The number of fused-ring (bicyclic) bond motifs is 1. The minimum Gasteiger partial charge on any atom is -0.491 e. The Morgan fingerprint density at radius 3 is 2.62 bits per heavy atom. The smallest absolute Gasteiger partial charge is 0.253 e. The highest BCUT2D eigenvalue weighted by atomic mass is 16.5. The van der Waals surface area contributed by atoms with Crippen LogP contribution >= 0.6 is 0 Å². The highest BCUT2D eigenvalue weighted by Gasteiger charge is 2.43. The number of carbonyl (C=O) groups excluding carboxylic acids is 2. The zero-order valence-corrected chi connectivity index (χ0v) is 23.3. The maximum atomic E-state index is 13.8. The van der Waals surface area contributed by atoms with E-state index in [4.69, 9.17) is 4.74 Å². The minimum absolute atomic E-state index is 0.0469. The van der Waals surface area contributed by atoms with Gasteiger partial charge in [0.05, 0.1) is 12.0 Å². The van der Waals surface area contributed by atoms with Gasteiger partial charge in [0.1, 0.15) is 18.2 Å². The Morgan fingerprint density at radius 1 is 1.00 bits per heavy atom. The highest BCUT2D eigenvalue weighted by Crippen LogP contribution is 2.39. The van der Waals surface area contributed by atoms with Crippen LogP contribution in [0.2, 0.25) is 0 Å². The van der Waals surface area contributed by atoms with E-state index >= 15 is 0 Å². The molecule has 0 unspecified atom stereocenters. The number of ether oxygens (including phenoxy) is 1. The lowest BCUT2D eigenvalue weighted by Crippen LogP contribution is -2.51. The predicted molar refractivity (Wildman–Crippen MR) is 152 cm³/mol. The van der Waals surface area contributed by atoms with E-state index in [1.165, 1.54) is 5.56 Å². The molecule has 0 N–H and O–H groups in total. The van der Waals surface area contributed by atoms with Crippen molar-refractivity contribution in [3.05, 3.63) is 83.4 Å². The van der Waals surface area contributed by atoms with Gasteiger partial charge in [0.25, 0.3) is 5.91 Å². The molecule has 0 saturated carbocycles. The van der Waals surface area contributed by atoms with Crippen LogP contribution in [0, 0.1) is 12.3 Å². The van der Waals surface area contributed by atoms with Crippen LogP contribution in [0.3, 0.4) is 0 Å². The Labute approximate surface area is 231 Å². The maximum absolute atomic E-state index is 13.8. The molecule has 7 nitrogen and oxygen atoms in total. The van der Waals surface area contributed by atoms with Gasteiger partial charge in [-0.15, -0.1) is 0 Å². The zero-order valence-electron chi connectivity index (χ0n) is 23.3. The number of aromatic nitrogens is 2. The standard InChI is InChI=1S/C32H40N4O3/c1-25-33-17-20-36(25)24-26-9-8-12-28(23-26)30(37)35-18-15-32(16-19-35)14-7-3-4-10-27-11-5-6-13-29(27)39-22-21-34(2)31(32)38/h5-6,8-9,11-13,17,20,23H,3-4,7,10,14-16,18-19,21-22,24H2,1-2H3. The van der Waals surface area contributed by atoms with Gasteiger partial charge in [0, 0.05) is 44.6 Å². The molecule has 2 aliphatic heterocycles. The van der Waals surface area contributed by atoms with E-state index in [-0.39, 0.29) is 11.8 Å². The summed E-state index contributed by atoms with van der Waals surface area (Å²) in [5, 5.41) is 0. The molecule has 1 aromatic heterocycles. The molecule has 206 valence electrons. The summed E-state index contributed by atoms with van der Waals surface area (Å²) in [4.78, 5) is 35.4. The summed E-state index contributed by atoms with van der Waals surface area (Å²) in [6, 6.07) is 16.1. The van der Waals surface area contributed by atoms with Crippen LogP contribution < -0.4 is 4.74 Å². The number of rotatable bonds is 3. The molecule has 3 heterocycles. The number of hydrogen-bond acceptors (Lipinski definition) is 4. The van der Waals surface area contributed by atoms with E-state index in [2.05, 4.69) is 21.7 Å². The lowest BCUT2D eigenvalue weighted by Gasteiger charge is -2.42. The van der Waals surface area contributed by atoms with Crippen LogP contribution in [0.15, 0.2) is 60.9 Å². The average Bonchev–Trinajstić information content (AvgIpc) is 3.36. The number of para-hydroxylation sites is 1. The number of benzene rings is 2. The fraction of sp³-hybridized carbons (Fsp3) is 0.469. The van der Waals surface area contributed by atoms with Crippen LogP contribution in [0.1, 0.15) is 65.8 Å². The van der Waals surface area contributed by atoms with Gasteiger partial charge in [-0.2, -0.15) is 0 Å². The molecule has 0 bridgehead atoms. The van der Waals surface area contributed by atoms with Crippen molar-refractivity contribution >= 4 is 11.8 Å². The largest absolute Gasteiger partial charge is 0.491 e. The summed E-state index contributed by atoms with van der Waals surface area (Å²) in [5.41, 5.74) is 2.62. The molecule has 0 aliphatic carbocycles. The number of aryl methyl sites for hydroxylation is 2. The molecule has 1 saturated heterocycles. The molecule has 2 aromatic carbocycles. The normalized spacial score (nSPS) is 18.5. The van der Waals surface area contributed by atoms with Crippen molar-refractivity contribution in [1.29, 1.82) is 0 Å². The summed E-state index contributed by atoms with van der Waals surface area (Å²) in [6.45, 7) is 4.91. The van der Waals surface area contributed by atoms with E-state index in [1.54, 1.807) is 6.20 Å². The second kappa shape index (κ2) is 12.1. The summed E-state index contributed by atoms with van der Waals surface area (Å²) in [6.07, 6.45) is 10.2. The number of nitrogens with zero attached hydrogens (tertiary/aromatic N) is 4. The van der Waals surface area contributed by atoms with Gasteiger partial charge in [0.15, 0.2) is 0 Å². The first-order valence-corrected chi connectivity index (χ1v) is 14.3. The van der Waals surface area contributed by atoms with Crippen molar-refractivity contribution in [2.75, 3.05) is 33.3 Å². The van der Waals surface area contributed by atoms with Gasteiger partial charge >= 0.3 is 0 Å². The Hall–Kier alpha value is -3.61. The van der Waals surface area contributed by atoms with E-state index in [1.807, 2.05) is 66.4 Å². The first kappa shape index (κ1) is 27.0. The lowest BCUT2D eigenvalue weighted by molar-refractivity contribution is -0.144. The average molecular weight is 529 g/mol. The van der Waals surface area contributed by atoms with Crippen LogP contribution in [0.5, 0.6) is 5.75 Å². The summed E-state index contributed by atoms with van der Waals surface area (Å²) < 4.78 is 8.17. The molecule has 39 heavy (non-hydrogen) atoms. The van der Waals surface area contributed by atoms with E-state index in [0.29, 0.717) is 51.2 Å². The van der Waals surface area contributed by atoms with E-state index < -0.39 is 5.41 Å². The molecule has 2 aliphatic rings. The van der Waals surface area contributed by atoms with Crippen LogP contribution in [-0.4, -0.2) is 64.5 Å². The first-order chi connectivity index (χ1) is 18.9. The number of likely N-dealkylation sites (tertiary alicyclic amines) is 1. The maximum Gasteiger partial charge on any atom is 0.253 e. The highest BCUT2D eigenvalue weighted by molar-refractivity contribution is 5.94. The second-order valence-electron chi connectivity index (χ2n) is 11.1. The monoisotopic (exact) mass is 528 g/mol. The number of piperidine rings is 1. The molecule has 7 heteroatoms. The third-order valence-corrected chi connectivity index (χ3v) is 8.52. The Balaban J connectivity index is 1.24. The molecule has 1 fully saturated rings. The minimum atomic E-state index is -0.409. The molecular weight excluding hydrogens is 488 g/mol. The molecule has 0 atom stereocenters. The van der Waals surface area contributed by atoms with Crippen LogP contribution in [-0.2, 0) is 17.8 Å². The van der Waals surface area contributed by atoms with Gasteiger partial charge in [-0.3, -0.25) is 9.59 Å². The van der Waals surface area contributed by atoms with Gasteiger partial charge in [0.2, 0.25) is 5.91 Å². The Morgan fingerprint density at radius 2 is 1.82 bits per heavy atom. The van der Waals surface area contributed by atoms with Crippen molar-refractivity contribution in [1.82, 2.24) is 19.4 Å². The molecular formula is C32H40N4O3. The first-order valence-electron chi connectivity index (χ1n) is 14.3. The summed E-state index contributed by atoms with van der Waals surface area (Å²) in [5.74, 6) is 2.13. The number of amides is 2. The molecule has 3 aromatic rings. The van der Waals surface area contributed by atoms with Gasteiger partial charge in [-0.1, -0.05) is 43.2 Å². The number of hydrogen-bond donors (Lipinski definition) is 0.